The molecule has 17 heavy (non-hydrogen) atoms. The maximum Gasteiger partial charge on any atom is 0.427 e. The lowest BCUT2D eigenvalue weighted by molar-refractivity contribution is 0.184. The van der Waals surface area contributed by atoms with E-state index in [2.05, 4.69) is 0 Å². The molecule has 8 heteroatoms. The molecule has 0 aromatic heterocycles. The van der Waals surface area contributed by atoms with Crippen LogP contribution in [0.2, 0.25) is 0 Å². The summed E-state index contributed by atoms with van der Waals surface area (Å²) < 4.78 is 32.1. The molecule has 0 aliphatic heterocycles. The van der Waals surface area contributed by atoms with Gasteiger partial charge in [0.1, 0.15) is 5.75 Å². The first-order valence-corrected chi connectivity index (χ1v) is 6.74. The molecule has 0 atom stereocenters. The lowest BCUT2D eigenvalue weighted by Crippen LogP contribution is -2.29. The van der Waals surface area contributed by atoms with Crippen LogP contribution in [0.15, 0.2) is 24.3 Å². The number of amides is 1. The second-order valence-corrected chi connectivity index (χ2v) is 5.31. The summed E-state index contributed by atoms with van der Waals surface area (Å²) in [5, 5.41) is 0. The van der Waals surface area contributed by atoms with Crippen LogP contribution in [0, 0.1) is 0 Å². The standard InChI is InChI=1S/C9H10ClNO5S/c1-15-6-7-3-2-4-8(5-7)16-9(12)11-17(10,13)14/h2-5H,6H2,1H3,(H,11,12). The van der Waals surface area contributed by atoms with Crippen LogP contribution < -0.4 is 9.46 Å². The molecule has 0 aliphatic rings. The molecule has 0 aliphatic carbocycles. The van der Waals surface area contributed by atoms with Crippen molar-refractivity contribution in [1.29, 1.82) is 0 Å². The second kappa shape index (κ2) is 5.85. The largest absolute Gasteiger partial charge is 0.427 e. The van der Waals surface area contributed by atoms with Crippen molar-refractivity contribution in [2.75, 3.05) is 7.11 Å². The Bertz CT molecular complexity index is 502. The number of nitrogens with one attached hydrogen (secondary N) is 1. The Morgan fingerprint density at radius 1 is 1.47 bits per heavy atom. The topological polar surface area (TPSA) is 81.7 Å². The van der Waals surface area contributed by atoms with Crippen molar-refractivity contribution in [3.05, 3.63) is 29.8 Å². The molecule has 0 heterocycles. The number of benzene rings is 1. The van der Waals surface area contributed by atoms with E-state index in [1.165, 1.54) is 17.9 Å². The van der Waals surface area contributed by atoms with Crippen molar-refractivity contribution in [3.8, 4) is 5.75 Å². The number of rotatable bonds is 4. The number of ether oxygens (including phenoxy) is 2. The molecule has 94 valence electrons. The first kappa shape index (κ1) is 13.8. The maximum absolute atomic E-state index is 11.1. The Balaban J connectivity index is 2.68. The molecule has 0 spiro atoms. The summed E-state index contributed by atoms with van der Waals surface area (Å²) >= 11 is 0. The van der Waals surface area contributed by atoms with Crippen LogP contribution >= 0.6 is 10.7 Å². The van der Waals surface area contributed by atoms with Gasteiger partial charge in [-0.05, 0) is 17.7 Å². The van der Waals surface area contributed by atoms with E-state index in [0.717, 1.165) is 5.56 Å². The first-order valence-electron chi connectivity index (χ1n) is 4.43. The zero-order valence-electron chi connectivity index (χ0n) is 8.84. The Labute approximate surface area is 103 Å². The highest BCUT2D eigenvalue weighted by Gasteiger charge is 2.12. The van der Waals surface area contributed by atoms with E-state index in [1.807, 2.05) is 0 Å². The van der Waals surface area contributed by atoms with Crippen LogP contribution in [0.5, 0.6) is 5.75 Å². The summed E-state index contributed by atoms with van der Waals surface area (Å²) in [5.74, 6) is 0.192. The van der Waals surface area contributed by atoms with Crippen LogP contribution in [-0.2, 0) is 20.6 Å². The van der Waals surface area contributed by atoms with Gasteiger partial charge in [0.15, 0.2) is 0 Å². The Hall–Kier alpha value is -1.31. The Morgan fingerprint density at radius 3 is 2.76 bits per heavy atom. The highest BCUT2D eigenvalue weighted by Crippen LogP contribution is 2.14. The third kappa shape index (κ3) is 5.53. The zero-order chi connectivity index (χ0) is 12.9. The molecule has 6 nitrogen and oxygen atoms in total. The van der Waals surface area contributed by atoms with Gasteiger partial charge in [0.25, 0.3) is 0 Å². The zero-order valence-corrected chi connectivity index (χ0v) is 10.4. The summed E-state index contributed by atoms with van der Waals surface area (Å²) in [4.78, 5) is 11.1. The van der Waals surface area contributed by atoms with Crippen LogP contribution in [-0.4, -0.2) is 21.6 Å². The molecular weight excluding hydrogens is 270 g/mol. The number of hydrogen-bond donors (Lipinski definition) is 1. The highest BCUT2D eigenvalue weighted by atomic mass is 35.7. The number of methoxy groups -OCH3 is 1. The van der Waals surface area contributed by atoms with Gasteiger partial charge in [-0.1, -0.05) is 12.1 Å². The van der Waals surface area contributed by atoms with E-state index < -0.39 is 15.3 Å². The molecule has 1 aromatic rings. The first-order chi connectivity index (χ1) is 7.90. The molecule has 0 bridgehead atoms. The van der Waals surface area contributed by atoms with Crippen molar-refractivity contribution >= 4 is 26.0 Å². The summed E-state index contributed by atoms with van der Waals surface area (Å²) in [6, 6.07) is 6.46. The van der Waals surface area contributed by atoms with Crippen LogP contribution in [0.4, 0.5) is 4.79 Å². The van der Waals surface area contributed by atoms with E-state index in [0.29, 0.717) is 6.61 Å². The molecule has 1 amide bonds. The van der Waals surface area contributed by atoms with Gasteiger partial charge in [-0.3, -0.25) is 0 Å². The van der Waals surface area contributed by atoms with Gasteiger partial charge in [0.05, 0.1) is 6.61 Å². The molecule has 1 aromatic carbocycles. The van der Waals surface area contributed by atoms with E-state index in [9.17, 15) is 13.2 Å². The van der Waals surface area contributed by atoms with Gasteiger partial charge in [0.2, 0.25) is 0 Å². The van der Waals surface area contributed by atoms with Gasteiger partial charge in [-0.25, -0.2) is 9.52 Å². The van der Waals surface area contributed by atoms with Gasteiger partial charge < -0.3 is 9.47 Å². The SMILES string of the molecule is COCc1cccc(OC(=O)NS(=O)(=O)Cl)c1. The van der Waals surface area contributed by atoms with E-state index in [4.69, 9.17) is 20.2 Å². The van der Waals surface area contributed by atoms with Gasteiger partial charge >= 0.3 is 15.3 Å². The molecule has 0 unspecified atom stereocenters. The van der Waals surface area contributed by atoms with Crippen molar-refractivity contribution < 1.29 is 22.7 Å². The summed E-state index contributed by atoms with van der Waals surface area (Å²) in [6.07, 6.45) is -1.17. The minimum Gasteiger partial charge on any atom is -0.410 e. The van der Waals surface area contributed by atoms with Gasteiger partial charge in [0, 0.05) is 17.8 Å². The second-order valence-electron chi connectivity index (χ2n) is 3.01. The van der Waals surface area contributed by atoms with Gasteiger partial charge in [-0.2, -0.15) is 8.42 Å². The van der Waals surface area contributed by atoms with Crippen molar-refractivity contribution in [3.63, 3.8) is 0 Å². The molecule has 0 saturated heterocycles. The van der Waals surface area contributed by atoms with E-state index in [1.54, 1.807) is 18.2 Å². The number of hydrogen-bond acceptors (Lipinski definition) is 5. The van der Waals surface area contributed by atoms with Crippen molar-refractivity contribution in [1.82, 2.24) is 4.72 Å². The van der Waals surface area contributed by atoms with E-state index in [-0.39, 0.29) is 5.75 Å². The summed E-state index contributed by atoms with van der Waals surface area (Å²) in [5.41, 5.74) is 0.784. The predicted molar refractivity (Wildman–Crippen MR) is 61.1 cm³/mol. The molecule has 0 fully saturated rings. The smallest absolute Gasteiger partial charge is 0.410 e. The van der Waals surface area contributed by atoms with Crippen LogP contribution in [0.25, 0.3) is 0 Å². The average Bonchev–Trinajstić information content (AvgIpc) is 2.15. The molecule has 0 saturated carbocycles. The molecular formula is C9H10ClNO5S. The van der Waals surface area contributed by atoms with Crippen molar-refractivity contribution in [2.24, 2.45) is 0 Å². The number of carbonyl (C=O) groups excluding carboxylic acids is 1. The van der Waals surface area contributed by atoms with Gasteiger partial charge in [-0.15, -0.1) is 0 Å². The normalized spacial score (nSPS) is 10.9. The van der Waals surface area contributed by atoms with E-state index >= 15 is 0 Å². The highest BCUT2D eigenvalue weighted by molar-refractivity contribution is 8.12. The third-order valence-electron chi connectivity index (χ3n) is 1.63. The summed E-state index contributed by atoms with van der Waals surface area (Å²) in [6.45, 7) is 0.354. The van der Waals surface area contributed by atoms with Crippen LogP contribution in [0.3, 0.4) is 0 Å². The van der Waals surface area contributed by atoms with Crippen molar-refractivity contribution in [2.45, 2.75) is 6.61 Å². The monoisotopic (exact) mass is 279 g/mol. The minimum absolute atomic E-state index is 0.192. The fourth-order valence-electron chi connectivity index (χ4n) is 1.09. The summed E-state index contributed by atoms with van der Waals surface area (Å²) in [7, 11) is 2.20. The Morgan fingerprint density at radius 2 is 2.18 bits per heavy atom. The predicted octanol–water partition coefficient (Wildman–Crippen LogP) is 1.41. The fraction of sp³-hybridized carbons (Fsp3) is 0.222. The maximum atomic E-state index is 11.1. The average molecular weight is 280 g/mol. The lowest BCUT2D eigenvalue weighted by Gasteiger charge is -2.05. The number of halogens is 1. The minimum atomic E-state index is -4.14. The molecule has 0 radical (unpaired) electrons. The fourth-order valence-corrected chi connectivity index (χ4v) is 1.52. The molecule has 1 rings (SSSR count). The third-order valence-corrected chi connectivity index (χ3v) is 2.27. The lowest BCUT2D eigenvalue weighted by atomic mass is 10.2. The quantitative estimate of drug-likeness (QED) is 0.843. The number of carbonyl (C=O) groups is 1. The molecule has 1 N–H and O–H groups in total. The van der Waals surface area contributed by atoms with Crippen LogP contribution in [0.1, 0.15) is 5.56 Å². The Kier molecular flexibility index (Phi) is 4.73.